The number of anilines is 1. The minimum atomic E-state index is -0.272. The number of hydrogen-bond donors (Lipinski definition) is 2. The van der Waals surface area contributed by atoms with E-state index < -0.39 is 0 Å². The standard InChI is InChI=1S/C19H21N3O2/c1-3-13-8-7-9-14(4-2)18(13)21-17(23)12-22-16-11-6-5-10-15(16)20-19(22)24/h5-11H,3-4,12H2,1-2H3,(H,20,24)(H,21,23). The van der Waals surface area contributed by atoms with E-state index in [-0.39, 0.29) is 18.1 Å². The first-order chi connectivity index (χ1) is 11.6. The number of aromatic amines is 1. The van der Waals surface area contributed by atoms with Gasteiger partial charge in [-0.25, -0.2) is 4.79 Å². The molecule has 0 aliphatic rings. The van der Waals surface area contributed by atoms with Crippen molar-refractivity contribution in [3.05, 3.63) is 64.1 Å². The number of H-pyrrole nitrogens is 1. The van der Waals surface area contributed by atoms with Crippen LogP contribution in [0.3, 0.4) is 0 Å². The molecule has 0 bridgehead atoms. The van der Waals surface area contributed by atoms with Gasteiger partial charge in [-0.2, -0.15) is 0 Å². The maximum absolute atomic E-state index is 12.5. The highest BCUT2D eigenvalue weighted by Crippen LogP contribution is 2.22. The van der Waals surface area contributed by atoms with Gasteiger partial charge in [0.05, 0.1) is 11.0 Å². The average Bonchev–Trinajstić information content (AvgIpc) is 2.90. The van der Waals surface area contributed by atoms with Crippen molar-refractivity contribution < 1.29 is 4.79 Å². The molecule has 5 heteroatoms. The Morgan fingerprint density at radius 2 is 1.71 bits per heavy atom. The van der Waals surface area contributed by atoms with Crippen molar-refractivity contribution in [2.45, 2.75) is 33.2 Å². The van der Waals surface area contributed by atoms with Crippen LogP contribution in [-0.2, 0) is 24.2 Å². The topological polar surface area (TPSA) is 66.9 Å². The summed E-state index contributed by atoms with van der Waals surface area (Å²) in [5, 5.41) is 3.00. The van der Waals surface area contributed by atoms with Crippen LogP contribution in [0.4, 0.5) is 5.69 Å². The minimum absolute atomic E-state index is 0.00987. The number of hydrogen-bond acceptors (Lipinski definition) is 2. The van der Waals surface area contributed by atoms with Gasteiger partial charge >= 0.3 is 5.69 Å². The first kappa shape index (κ1) is 16.1. The first-order valence-electron chi connectivity index (χ1n) is 8.22. The fraction of sp³-hybridized carbons (Fsp3) is 0.263. The van der Waals surface area contributed by atoms with Crippen LogP contribution < -0.4 is 11.0 Å². The molecule has 2 aromatic carbocycles. The van der Waals surface area contributed by atoms with Gasteiger partial charge in [-0.15, -0.1) is 0 Å². The van der Waals surface area contributed by atoms with Crippen LogP contribution >= 0.6 is 0 Å². The molecule has 0 aliphatic carbocycles. The molecule has 0 radical (unpaired) electrons. The Kier molecular flexibility index (Phi) is 4.51. The summed E-state index contributed by atoms with van der Waals surface area (Å²) in [6.45, 7) is 4.12. The molecule has 1 amide bonds. The highest BCUT2D eigenvalue weighted by Gasteiger charge is 2.13. The van der Waals surface area contributed by atoms with Crippen LogP contribution in [0.25, 0.3) is 11.0 Å². The molecule has 0 unspecified atom stereocenters. The lowest BCUT2D eigenvalue weighted by atomic mass is 10.0. The van der Waals surface area contributed by atoms with Crippen LogP contribution in [0, 0.1) is 0 Å². The van der Waals surface area contributed by atoms with E-state index in [1.54, 1.807) is 0 Å². The van der Waals surface area contributed by atoms with E-state index in [1.165, 1.54) is 4.57 Å². The number of aromatic nitrogens is 2. The van der Waals surface area contributed by atoms with E-state index in [0.717, 1.165) is 40.7 Å². The van der Waals surface area contributed by atoms with Crippen LogP contribution in [-0.4, -0.2) is 15.5 Å². The third kappa shape index (κ3) is 2.97. The maximum atomic E-state index is 12.5. The molecule has 0 fully saturated rings. The zero-order valence-electron chi connectivity index (χ0n) is 13.9. The third-order valence-electron chi connectivity index (χ3n) is 4.25. The largest absolute Gasteiger partial charge is 0.326 e. The van der Waals surface area contributed by atoms with Crippen molar-refractivity contribution in [2.24, 2.45) is 0 Å². The van der Waals surface area contributed by atoms with Gasteiger partial charge in [-0.05, 0) is 36.1 Å². The summed E-state index contributed by atoms with van der Waals surface area (Å²) in [4.78, 5) is 27.4. The molecule has 3 rings (SSSR count). The zero-order chi connectivity index (χ0) is 17.1. The van der Waals surface area contributed by atoms with Crippen molar-refractivity contribution in [1.82, 2.24) is 9.55 Å². The van der Waals surface area contributed by atoms with Gasteiger partial charge < -0.3 is 10.3 Å². The highest BCUT2D eigenvalue weighted by molar-refractivity contribution is 5.93. The monoisotopic (exact) mass is 323 g/mol. The number of carbonyl (C=O) groups is 1. The Bertz CT molecular complexity index is 915. The number of benzene rings is 2. The van der Waals surface area contributed by atoms with Gasteiger partial charge in [-0.1, -0.05) is 44.2 Å². The lowest BCUT2D eigenvalue weighted by Crippen LogP contribution is -2.26. The molecule has 24 heavy (non-hydrogen) atoms. The Morgan fingerprint density at radius 1 is 1.04 bits per heavy atom. The van der Waals surface area contributed by atoms with Crippen LogP contribution in [0.15, 0.2) is 47.3 Å². The summed E-state index contributed by atoms with van der Waals surface area (Å²) in [7, 11) is 0. The van der Waals surface area contributed by atoms with Gasteiger partial charge in [-0.3, -0.25) is 9.36 Å². The normalized spacial score (nSPS) is 10.9. The Labute approximate surface area is 140 Å². The Balaban J connectivity index is 1.89. The van der Waals surface area contributed by atoms with Crippen molar-refractivity contribution in [3.63, 3.8) is 0 Å². The molecule has 3 aromatic rings. The van der Waals surface area contributed by atoms with Gasteiger partial charge in [0.15, 0.2) is 0 Å². The minimum Gasteiger partial charge on any atom is -0.324 e. The van der Waals surface area contributed by atoms with Crippen molar-refractivity contribution >= 4 is 22.6 Å². The first-order valence-corrected chi connectivity index (χ1v) is 8.22. The molecule has 0 saturated carbocycles. The molecular formula is C19H21N3O2. The lowest BCUT2D eigenvalue weighted by Gasteiger charge is -2.14. The summed E-state index contributed by atoms with van der Waals surface area (Å²) in [6.07, 6.45) is 1.69. The fourth-order valence-corrected chi connectivity index (χ4v) is 2.99. The van der Waals surface area contributed by atoms with Crippen LogP contribution in [0.2, 0.25) is 0 Å². The number of carbonyl (C=O) groups excluding carboxylic acids is 1. The highest BCUT2D eigenvalue weighted by atomic mass is 16.2. The summed E-state index contributed by atoms with van der Waals surface area (Å²) >= 11 is 0. The predicted octanol–water partition coefficient (Wildman–Crippen LogP) is 3.09. The van der Waals surface area contributed by atoms with E-state index in [4.69, 9.17) is 0 Å². The van der Waals surface area contributed by atoms with Crippen molar-refractivity contribution in [2.75, 3.05) is 5.32 Å². The third-order valence-corrected chi connectivity index (χ3v) is 4.25. The number of nitrogens with zero attached hydrogens (tertiary/aromatic N) is 1. The number of imidazole rings is 1. The number of amides is 1. The SMILES string of the molecule is CCc1cccc(CC)c1NC(=O)Cn1c(=O)[nH]c2ccccc21. The van der Waals surface area contributed by atoms with Crippen molar-refractivity contribution in [3.8, 4) is 0 Å². The molecular weight excluding hydrogens is 302 g/mol. The van der Waals surface area contributed by atoms with Crippen molar-refractivity contribution in [1.29, 1.82) is 0 Å². The maximum Gasteiger partial charge on any atom is 0.326 e. The van der Waals surface area contributed by atoms with E-state index >= 15 is 0 Å². The molecule has 0 atom stereocenters. The van der Waals surface area contributed by atoms with Crippen LogP contribution in [0.5, 0.6) is 0 Å². The molecule has 1 aromatic heterocycles. The van der Waals surface area contributed by atoms with Crippen LogP contribution in [0.1, 0.15) is 25.0 Å². The quantitative estimate of drug-likeness (QED) is 0.757. The van der Waals surface area contributed by atoms with Gasteiger partial charge in [0.25, 0.3) is 0 Å². The van der Waals surface area contributed by atoms with E-state index in [1.807, 2.05) is 42.5 Å². The number of fused-ring (bicyclic) bond motifs is 1. The molecule has 0 aliphatic heterocycles. The number of para-hydroxylation sites is 3. The molecule has 2 N–H and O–H groups in total. The van der Waals surface area contributed by atoms with E-state index in [0.29, 0.717) is 0 Å². The number of rotatable bonds is 5. The zero-order valence-corrected chi connectivity index (χ0v) is 13.9. The number of aryl methyl sites for hydroxylation is 2. The summed E-state index contributed by atoms with van der Waals surface area (Å²) in [5.41, 5.74) is 4.28. The van der Waals surface area contributed by atoms with E-state index in [9.17, 15) is 9.59 Å². The molecule has 124 valence electrons. The molecule has 0 saturated heterocycles. The predicted molar refractivity (Wildman–Crippen MR) is 96.4 cm³/mol. The second-order valence-corrected chi connectivity index (χ2v) is 5.74. The van der Waals surface area contributed by atoms with Gasteiger partial charge in [0.2, 0.25) is 5.91 Å². The Hall–Kier alpha value is -2.82. The summed E-state index contributed by atoms with van der Waals surface area (Å²) in [6, 6.07) is 13.4. The fourth-order valence-electron chi connectivity index (χ4n) is 2.99. The number of nitrogens with one attached hydrogen (secondary N) is 2. The Morgan fingerprint density at radius 3 is 2.38 bits per heavy atom. The molecule has 0 spiro atoms. The molecule has 1 heterocycles. The lowest BCUT2D eigenvalue weighted by molar-refractivity contribution is -0.116. The molecule has 5 nitrogen and oxygen atoms in total. The van der Waals surface area contributed by atoms with Gasteiger partial charge in [0.1, 0.15) is 6.54 Å². The summed E-state index contributed by atoms with van der Waals surface area (Å²) in [5.74, 6) is -0.197. The summed E-state index contributed by atoms with van der Waals surface area (Å²) < 4.78 is 1.46. The smallest absolute Gasteiger partial charge is 0.324 e. The second-order valence-electron chi connectivity index (χ2n) is 5.74. The average molecular weight is 323 g/mol. The second kappa shape index (κ2) is 6.74. The van der Waals surface area contributed by atoms with Gasteiger partial charge in [0, 0.05) is 5.69 Å². The van der Waals surface area contributed by atoms with E-state index in [2.05, 4.69) is 24.1 Å².